The lowest BCUT2D eigenvalue weighted by atomic mass is 9.96. The second-order valence-electron chi connectivity index (χ2n) is 10.3. The predicted molar refractivity (Wildman–Crippen MR) is 160 cm³/mol. The van der Waals surface area contributed by atoms with E-state index in [0.29, 0.717) is 30.2 Å². The Morgan fingerprint density at radius 1 is 0.884 bits per heavy atom. The number of amides is 1. The Bertz CT molecular complexity index is 1660. The van der Waals surface area contributed by atoms with Crippen molar-refractivity contribution in [1.29, 1.82) is 0 Å². The number of carbonyl (C=O) groups excluding carboxylic acids is 1. The molecule has 5 aromatic rings. The maximum atomic E-state index is 13.0. The zero-order valence-electron chi connectivity index (χ0n) is 24.5. The molecule has 0 bridgehead atoms. The lowest BCUT2D eigenvalue weighted by Crippen LogP contribution is -2.23. The first-order chi connectivity index (χ1) is 20.9. The fourth-order valence-electron chi connectivity index (χ4n) is 4.51. The maximum Gasteiger partial charge on any atom is 0.274 e. The molecule has 2 heterocycles. The van der Waals surface area contributed by atoms with Crippen LogP contribution in [0.3, 0.4) is 0 Å². The molecule has 0 aliphatic heterocycles. The van der Waals surface area contributed by atoms with Gasteiger partial charge in [0.15, 0.2) is 11.5 Å². The molecule has 10 nitrogen and oxygen atoms in total. The van der Waals surface area contributed by atoms with E-state index in [1.54, 1.807) is 6.92 Å². The number of nitrogens with one attached hydrogen (secondary N) is 1. The van der Waals surface area contributed by atoms with Gasteiger partial charge in [-0.2, -0.15) is 4.98 Å². The summed E-state index contributed by atoms with van der Waals surface area (Å²) in [6, 6.07) is 23.5. The number of nitrogens with zero attached hydrogens (tertiary/aromatic N) is 3. The summed E-state index contributed by atoms with van der Waals surface area (Å²) in [6.07, 6.45) is -1.00. The van der Waals surface area contributed by atoms with Gasteiger partial charge in [-0.3, -0.25) is 4.79 Å². The van der Waals surface area contributed by atoms with Crippen molar-refractivity contribution in [2.75, 3.05) is 6.54 Å². The van der Waals surface area contributed by atoms with E-state index in [4.69, 9.17) is 18.5 Å². The van der Waals surface area contributed by atoms with Crippen molar-refractivity contribution in [1.82, 2.24) is 20.6 Å². The molecule has 1 amide bonds. The molecule has 0 radical (unpaired) electrons. The Morgan fingerprint density at radius 3 is 2.07 bits per heavy atom. The highest BCUT2D eigenvalue weighted by atomic mass is 16.5. The predicted octanol–water partition coefficient (Wildman–Crippen LogP) is 6.48. The number of aliphatic hydroxyl groups is 1. The standard InChI is InChI=1S/C33H34N4O6/c1-5-34-32(39)29-28(31-35-33(21(4)38)43-37-31)30(42-36-29)25-16-24(20(2)3)26(40-18-22-12-8-6-9-13-22)17-27(25)41-19-23-14-10-7-11-15-23/h6-17,20-21,38H,5,18-19H2,1-4H3,(H,34,39)/t21-/m0/s1. The van der Waals surface area contributed by atoms with Crippen molar-refractivity contribution in [3.05, 3.63) is 101 Å². The molecular formula is C33H34N4O6. The summed E-state index contributed by atoms with van der Waals surface area (Å²) in [5.41, 5.74) is 3.64. The molecule has 10 heteroatoms. The first-order valence-corrected chi connectivity index (χ1v) is 14.2. The molecule has 0 fully saturated rings. The van der Waals surface area contributed by atoms with Gasteiger partial charge >= 0.3 is 0 Å². The van der Waals surface area contributed by atoms with Crippen LogP contribution in [0.15, 0.2) is 81.8 Å². The van der Waals surface area contributed by atoms with E-state index in [9.17, 15) is 9.90 Å². The highest BCUT2D eigenvalue weighted by molar-refractivity contribution is 6.01. The minimum atomic E-state index is -1.00. The molecule has 3 aromatic carbocycles. The number of ether oxygens (including phenoxy) is 2. The molecule has 222 valence electrons. The first kappa shape index (κ1) is 29.5. The van der Waals surface area contributed by atoms with Crippen LogP contribution in [0.4, 0.5) is 0 Å². The van der Waals surface area contributed by atoms with Gasteiger partial charge in [0.25, 0.3) is 11.8 Å². The molecule has 0 spiro atoms. The number of aliphatic hydroxyl groups excluding tert-OH is 1. The molecule has 2 aromatic heterocycles. The third-order valence-electron chi connectivity index (χ3n) is 6.72. The van der Waals surface area contributed by atoms with Gasteiger partial charge in [0, 0.05) is 12.6 Å². The van der Waals surface area contributed by atoms with Crippen molar-refractivity contribution in [2.45, 2.75) is 52.9 Å². The van der Waals surface area contributed by atoms with Crippen molar-refractivity contribution in [2.24, 2.45) is 0 Å². The quantitative estimate of drug-likeness (QED) is 0.170. The lowest BCUT2D eigenvalue weighted by Gasteiger charge is -2.19. The van der Waals surface area contributed by atoms with Crippen molar-refractivity contribution in [3.8, 4) is 34.2 Å². The van der Waals surface area contributed by atoms with Crippen LogP contribution in [0.25, 0.3) is 22.7 Å². The molecule has 1 atom stereocenters. The average molecular weight is 583 g/mol. The van der Waals surface area contributed by atoms with E-state index in [1.165, 1.54) is 6.92 Å². The minimum absolute atomic E-state index is 0.00270. The van der Waals surface area contributed by atoms with Gasteiger partial charge in [-0.25, -0.2) is 0 Å². The van der Waals surface area contributed by atoms with Crippen molar-refractivity contribution < 1.29 is 28.4 Å². The van der Waals surface area contributed by atoms with Crippen LogP contribution >= 0.6 is 0 Å². The van der Waals surface area contributed by atoms with Gasteiger partial charge in [0.05, 0.1) is 5.56 Å². The molecule has 0 saturated carbocycles. The number of carbonyl (C=O) groups is 1. The fraction of sp³-hybridized carbons (Fsp3) is 0.273. The number of hydrogen-bond donors (Lipinski definition) is 2. The number of aromatic nitrogens is 3. The van der Waals surface area contributed by atoms with Crippen molar-refractivity contribution >= 4 is 5.91 Å². The molecule has 43 heavy (non-hydrogen) atoms. The number of benzene rings is 3. The van der Waals surface area contributed by atoms with Gasteiger partial charge in [-0.05, 0) is 42.5 Å². The molecule has 0 saturated heterocycles. The van der Waals surface area contributed by atoms with Crippen LogP contribution in [0.1, 0.15) is 72.8 Å². The largest absolute Gasteiger partial charge is 0.488 e. The fourth-order valence-corrected chi connectivity index (χ4v) is 4.51. The van der Waals surface area contributed by atoms with E-state index >= 15 is 0 Å². The summed E-state index contributed by atoms with van der Waals surface area (Å²) < 4.78 is 23.8. The summed E-state index contributed by atoms with van der Waals surface area (Å²) in [7, 11) is 0. The Labute approximate surface area is 249 Å². The normalized spacial score (nSPS) is 11.9. The van der Waals surface area contributed by atoms with Crippen molar-refractivity contribution in [3.63, 3.8) is 0 Å². The van der Waals surface area contributed by atoms with Crippen LogP contribution < -0.4 is 14.8 Å². The summed E-state index contributed by atoms with van der Waals surface area (Å²) >= 11 is 0. The summed E-state index contributed by atoms with van der Waals surface area (Å²) in [4.78, 5) is 17.4. The van der Waals surface area contributed by atoms with E-state index in [1.807, 2.05) is 72.8 Å². The van der Waals surface area contributed by atoms with E-state index in [2.05, 4.69) is 34.5 Å². The molecule has 0 unspecified atom stereocenters. The van der Waals surface area contributed by atoms with Gasteiger partial charge in [-0.1, -0.05) is 84.8 Å². The zero-order valence-corrected chi connectivity index (χ0v) is 24.5. The van der Waals surface area contributed by atoms with Gasteiger partial charge in [-0.15, -0.1) is 0 Å². The smallest absolute Gasteiger partial charge is 0.274 e. The second kappa shape index (κ2) is 13.3. The van der Waals surface area contributed by atoms with Crippen LogP contribution in [0.2, 0.25) is 0 Å². The van der Waals surface area contributed by atoms with E-state index < -0.39 is 12.0 Å². The monoisotopic (exact) mass is 582 g/mol. The topological polar surface area (TPSA) is 133 Å². The average Bonchev–Trinajstić information content (AvgIpc) is 3.68. The van der Waals surface area contributed by atoms with Gasteiger partial charge in [0.2, 0.25) is 5.82 Å². The molecule has 0 aliphatic carbocycles. The molecule has 5 rings (SSSR count). The summed E-state index contributed by atoms with van der Waals surface area (Å²) in [5.74, 6) is 0.985. The van der Waals surface area contributed by atoms with E-state index in [0.717, 1.165) is 16.7 Å². The second-order valence-corrected chi connectivity index (χ2v) is 10.3. The maximum absolute atomic E-state index is 13.0. The summed E-state index contributed by atoms with van der Waals surface area (Å²) in [6.45, 7) is 8.46. The van der Waals surface area contributed by atoms with Crippen LogP contribution in [-0.2, 0) is 13.2 Å². The Morgan fingerprint density at radius 2 is 1.51 bits per heavy atom. The third kappa shape index (κ3) is 6.76. The lowest BCUT2D eigenvalue weighted by molar-refractivity contribution is 0.0947. The molecule has 0 aliphatic rings. The zero-order chi connectivity index (χ0) is 30.3. The van der Waals surface area contributed by atoms with Crippen LogP contribution in [0.5, 0.6) is 11.5 Å². The van der Waals surface area contributed by atoms with Crippen LogP contribution in [-0.4, -0.2) is 32.9 Å². The summed E-state index contributed by atoms with van der Waals surface area (Å²) in [5, 5.41) is 20.9. The molecular weight excluding hydrogens is 548 g/mol. The van der Waals surface area contributed by atoms with E-state index in [-0.39, 0.29) is 41.3 Å². The minimum Gasteiger partial charge on any atom is -0.488 e. The van der Waals surface area contributed by atoms with Crippen LogP contribution in [0, 0.1) is 0 Å². The third-order valence-corrected chi connectivity index (χ3v) is 6.72. The SMILES string of the molecule is CCNC(=O)c1noc(-c2cc(C(C)C)c(OCc3ccccc3)cc2OCc2ccccc2)c1-c1noc([C@H](C)O)n1. The highest BCUT2D eigenvalue weighted by Gasteiger charge is 2.31. The molecule has 2 N–H and O–H groups in total. The Balaban J connectivity index is 1.65. The van der Waals surface area contributed by atoms with Gasteiger partial charge in [0.1, 0.15) is 36.4 Å². The number of rotatable bonds is 12. The number of hydrogen-bond acceptors (Lipinski definition) is 9. The Hall–Kier alpha value is -4.96. The highest BCUT2D eigenvalue weighted by Crippen LogP contribution is 2.44. The Kier molecular flexibility index (Phi) is 9.17. The first-order valence-electron chi connectivity index (χ1n) is 14.2. The van der Waals surface area contributed by atoms with Gasteiger partial charge < -0.3 is 28.9 Å².